The molecule has 0 fully saturated rings. The van der Waals surface area contributed by atoms with Crippen LogP contribution in [0.1, 0.15) is 41.5 Å². The minimum atomic E-state index is 0.208. The molecule has 0 aliphatic rings. The molecule has 0 aliphatic heterocycles. The van der Waals surface area contributed by atoms with Crippen LogP contribution in [0.5, 0.6) is 0 Å². The molecule has 0 amide bonds. The zero-order chi connectivity index (χ0) is 8.58. The van der Waals surface area contributed by atoms with Gasteiger partial charge in [0.2, 0.25) is 0 Å². The van der Waals surface area contributed by atoms with Gasteiger partial charge in [0.15, 0.2) is 0 Å². The van der Waals surface area contributed by atoms with Gasteiger partial charge in [0, 0.05) is 0 Å². The number of rotatable bonds is 0. The standard InChI is InChI=1S/C8H18BCl/c1-7(2,3)9(10)8(4,5)6/h1-6H3. The van der Waals surface area contributed by atoms with Crippen molar-refractivity contribution in [1.82, 2.24) is 0 Å². The molecule has 0 heterocycles. The Bertz CT molecular complexity index is 93.4. The number of hydrogen-bond acceptors (Lipinski definition) is 0. The molecule has 0 aromatic rings. The zero-order valence-electron chi connectivity index (χ0n) is 7.96. The van der Waals surface area contributed by atoms with Gasteiger partial charge in [0.1, 0.15) is 0 Å². The van der Waals surface area contributed by atoms with E-state index < -0.39 is 0 Å². The Morgan fingerprint density at radius 2 is 1.00 bits per heavy atom. The molecule has 0 spiro atoms. The van der Waals surface area contributed by atoms with Crippen molar-refractivity contribution in [2.24, 2.45) is 0 Å². The smallest absolute Gasteiger partial charge is 0.195 e. The second kappa shape index (κ2) is 2.77. The zero-order valence-corrected chi connectivity index (χ0v) is 8.71. The maximum Gasteiger partial charge on any atom is 0.261 e. The van der Waals surface area contributed by atoms with Crippen LogP contribution in [-0.2, 0) is 0 Å². The molecule has 0 saturated carbocycles. The lowest BCUT2D eigenvalue weighted by atomic mass is 9.40. The minimum Gasteiger partial charge on any atom is -0.195 e. The minimum absolute atomic E-state index is 0.208. The summed E-state index contributed by atoms with van der Waals surface area (Å²) in [7, 11) is 0. The largest absolute Gasteiger partial charge is 0.261 e. The molecule has 0 nitrogen and oxygen atoms in total. The average molecular weight is 160 g/mol. The highest BCUT2D eigenvalue weighted by Gasteiger charge is 2.37. The topological polar surface area (TPSA) is 0 Å². The highest BCUT2D eigenvalue weighted by molar-refractivity contribution is 7.10. The van der Waals surface area contributed by atoms with Crippen LogP contribution in [0.3, 0.4) is 0 Å². The van der Waals surface area contributed by atoms with Crippen LogP contribution in [0, 0.1) is 0 Å². The molecular weight excluding hydrogens is 142 g/mol. The van der Waals surface area contributed by atoms with E-state index in [9.17, 15) is 0 Å². The predicted octanol–water partition coefficient (Wildman–Crippen LogP) is 3.82. The molecule has 0 aromatic carbocycles. The molecule has 60 valence electrons. The molecule has 0 bridgehead atoms. The van der Waals surface area contributed by atoms with E-state index in [1.54, 1.807) is 0 Å². The highest BCUT2D eigenvalue weighted by Crippen LogP contribution is 2.43. The molecule has 0 N–H and O–H groups in total. The average Bonchev–Trinajstić information content (AvgIpc) is 1.59. The fourth-order valence-electron chi connectivity index (χ4n) is 1.30. The third-order valence-corrected chi connectivity index (χ3v) is 2.83. The summed E-state index contributed by atoms with van der Waals surface area (Å²) in [6, 6.07) is 0. The lowest BCUT2D eigenvalue weighted by Crippen LogP contribution is -2.29. The lowest BCUT2D eigenvalue weighted by Gasteiger charge is -2.32. The third kappa shape index (κ3) is 2.96. The van der Waals surface area contributed by atoms with Crippen molar-refractivity contribution in [1.29, 1.82) is 0 Å². The first-order valence-electron chi connectivity index (χ1n) is 3.80. The number of halogens is 1. The molecule has 0 aromatic heterocycles. The van der Waals surface area contributed by atoms with Crippen molar-refractivity contribution in [3.8, 4) is 0 Å². The van der Waals surface area contributed by atoms with E-state index in [1.807, 2.05) is 0 Å². The summed E-state index contributed by atoms with van der Waals surface area (Å²) in [5.41, 5.74) is 0. The van der Waals surface area contributed by atoms with Gasteiger partial charge in [-0.1, -0.05) is 41.5 Å². The Morgan fingerprint density at radius 1 is 0.800 bits per heavy atom. The van der Waals surface area contributed by atoms with E-state index in [0.717, 1.165) is 0 Å². The van der Waals surface area contributed by atoms with Crippen molar-refractivity contribution in [3.63, 3.8) is 0 Å². The summed E-state index contributed by atoms with van der Waals surface area (Å²) < 4.78 is 0. The van der Waals surface area contributed by atoms with Gasteiger partial charge in [0.25, 0.3) is 6.13 Å². The molecule has 0 aliphatic carbocycles. The summed E-state index contributed by atoms with van der Waals surface area (Å²) in [6.45, 7) is 13.1. The van der Waals surface area contributed by atoms with Crippen LogP contribution in [0.25, 0.3) is 0 Å². The van der Waals surface area contributed by atoms with Gasteiger partial charge in [0.05, 0.1) is 0 Å². The van der Waals surface area contributed by atoms with E-state index in [2.05, 4.69) is 41.5 Å². The fourth-order valence-corrected chi connectivity index (χ4v) is 1.30. The van der Waals surface area contributed by atoms with Crippen molar-refractivity contribution in [2.45, 2.75) is 52.2 Å². The summed E-state index contributed by atoms with van der Waals surface area (Å²) in [4.78, 5) is 0. The summed E-state index contributed by atoms with van der Waals surface area (Å²) >= 11 is 6.23. The Balaban J connectivity index is 4.23. The molecule has 2 heteroatoms. The Morgan fingerprint density at radius 3 is 1.00 bits per heavy atom. The first-order chi connectivity index (χ1) is 4.15. The Labute approximate surface area is 70.3 Å². The van der Waals surface area contributed by atoms with Gasteiger partial charge in [-0.25, -0.2) is 0 Å². The Kier molecular flexibility index (Phi) is 2.87. The van der Waals surface area contributed by atoms with Crippen LogP contribution in [0.4, 0.5) is 0 Å². The lowest BCUT2D eigenvalue weighted by molar-refractivity contribution is 0.660. The third-order valence-electron chi connectivity index (χ3n) is 1.52. The predicted molar refractivity (Wildman–Crippen MR) is 51.0 cm³/mol. The molecule has 0 unspecified atom stereocenters. The van der Waals surface area contributed by atoms with Crippen LogP contribution >= 0.6 is 11.5 Å². The molecular formula is C8H18BCl. The van der Waals surface area contributed by atoms with E-state index >= 15 is 0 Å². The summed E-state index contributed by atoms with van der Waals surface area (Å²) in [6.07, 6.45) is 0.236. The van der Waals surface area contributed by atoms with Gasteiger partial charge in [-0.15, -0.1) is 0 Å². The van der Waals surface area contributed by atoms with Crippen LogP contribution in [0.2, 0.25) is 10.6 Å². The van der Waals surface area contributed by atoms with Gasteiger partial charge in [-0.05, 0) is 10.6 Å². The van der Waals surface area contributed by atoms with Crippen LogP contribution in [0.15, 0.2) is 0 Å². The fraction of sp³-hybridized carbons (Fsp3) is 1.00. The first-order valence-corrected chi connectivity index (χ1v) is 4.23. The molecule has 0 rings (SSSR count). The van der Waals surface area contributed by atoms with E-state index in [4.69, 9.17) is 11.5 Å². The quantitative estimate of drug-likeness (QED) is 0.473. The molecule has 10 heavy (non-hydrogen) atoms. The van der Waals surface area contributed by atoms with Crippen molar-refractivity contribution < 1.29 is 0 Å². The highest BCUT2D eigenvalue weighted by atomic mass is 35.5. The monoisotopic (exact) mass is 160 g/mol. The van der Waals surface area contributed by atoms with Gasteiger partial charge in [-0.3, -0.25) is 0 Å². The van der Waals surface area contributed by atoms with Crippen LogP contribution < -0.4 is 0 Å². The molecule has 0 radical (unpaired) electrons. The summed E-state index contributed by atoms with van der Waals surface area (Å²) in [5.74, 6) is 0. The Hall–Kier alpha value is 0.355. The van der Waals surface area contributed by atoms with E-state index in [-0.39, 0.29) is 16.8 Å². The maximum absolute atomic E-state index is 6.23. The molecule has 0 saturated heterocycles. The second-order valence-corrected chi connectivity index (χ2v) is 5.53. The molecule has 0 atom stereocenters. The second-order valence-electron chi connectivity index (χ2n) is 5.09. The summed E-state index contributed by atoms with van der Waals surface area (Å²) in [5, 5.41) is 0.416. The first kappa shape index (κ1) is 10.4. The van der Waals surface area contributed by atoms with Gasteiger partial charge >= 0.3 is 0 Å². The van der Waals surface area contributed by atoms with Crippen molar-refractivity contribution in [3.05, 3.63) is 0 Å². The van der Waals surface area contributed by atoms with E-state index in [1.165, 1.54) is 0 Å². The van der Waals surface area contributed by atoms with Crippen LogP contribution in [-0.4, -0.2) is 6.13 Å². The van der Waals surface area contributed by atoms with E-state index in [0.29, 0.717) is 0 Å². The van der Waals surface area contributed by atoms with Crippen molar-refractivity contribution >= 4 is 17.6 Å². The maximum atomic E-state index is 6.23. The number of hydrogen-bond donors (Lipinski definition) is 0. The van der Waals surface area contributed by atoms with Gasteiger partial charge < -0.3 is 0 Å². The van der Waals surface area contributed by atoms with Crippen molar-refractivity contribution in [2.75, 3.05) is 0 Å². The SMILES string of the molecule is CC(C)(C)B(Cl)C(C)(C)C. The van der Waals surface area contributed by atoms with Gasteiger partial charge in [-0.2, -0.15) is 11.5 Å². The normalized spacial score (nSPS) is 13.5.